The minimum absolute atomic E-state index is 0. The van der Waals surface area contributed by atoms with Gasteiger partial charge in [-0.3, -0.25) is 9.69 Å². The van der Waals surface area contributed by atoms with Crippen LogP contribution in [0.2, 0.25) is 0 Å². The van der Waals surface area contributed by atoms with Gasteiger partial charge in [-0.25, -0.2) is 0 Å². The van der Waals surface area contributed by atoms with Crippen LogP contribution in [0.3, 0.4) is 0 Å². The van der Waals surface area contributed by atoms with Crippen molar-refractivity contribution in [3.8, 4) is 0 Å². The average molecular weight is 428 g/mol. The highest BCUT2D eigenvalue weighted by Gasteiger charge is 2.37. The van der Waals surface area contributed by atoms with Gasteiger partial charge in [-0.05, 0) is 44.0 Å². The first-order chi connectivity index (χ1) is 14.1. The van der Waals surface area contributed by atoms with Gasteiger partial charge < -0.3 is 15.5 Å². The molecule has 160 valence electrons. The summed E-state index contributed by atoms with van der Waals surface area (Å²) in [6, 6.07) is 20.0. The van der Waals surface area contributed by atoms with Crippen LogP contribution in [0.15, 0.2) is 65.1 Å². The van der Waals surface area contributed by atoms with E-state index in [9.17, 15) is 4.79 Å². The van der Waals surface area contributed by atoms with E-state index in [1.165, 1.54) is 5.56 Å². The van der Waals surface area contributed by atoms with E-state index in [0.29, 0.717) is 18.4 Å². The highest BCUT2D eigenvalue weighted by Crippen LogP contribution is 2.33. The van der Waals surface area contributed by atoms with E-state index in [0.717, 1.165) is 29.8 Å². The Bertz CT molecular complexity index is 942. The van der Waals surface area contributed by atoms with Crippen LogP contribution in [-0.2, 0) is 4.79 Å². The number of nitrogens with two attached hydrogens (primary N) is 1. The Morgan fingerprint density at radius 2 is 1.83 bits per heavy atom. The lowest BCUT2D eigenvalue weighted by Crippen LogP contribution is -2.45. The number of para-hydroxylation sites is 1. The molecule has 4 rings (SSSR count). The molecule has 1 fully saturated rings. The number of hydrogen-bond acceptors (Lipinski definition) is 4. The number of furan rings is 1. The fraction of sp³-hybridized carbons (Fsp3) is 0.375. The lowest BCUT2D eigenvalue weighted by molar-refractivity contribution is -0.126. The molecule has 1 aromatic heterocycles. The summed E-state index contributed by atoms with van der Waals surface area (Å²) in [6.45, 7) is 6.24. The number of nitrogens with one attached hydrogen (secondary N) is 1. The Morgan fingerprint density at radius 3 is 2.53 bits per heavy atom. The molecule has 3 aromatic rings. The summed E-state index contributed by atoms with van der Waals surface area (Å²) in [5, 5.41) is 4.16. The summed E-state index contributed by atoms with van der Waals surface area (Å²) in [4.78, 5) is 15.2. The van der Waals surface area contributed by atoms with E-state index in [1.807, 2.05) is 50.2 Å². The Kier molecular flexibility index (Phi) is 7.19. The molecule has 1 amide bonds. The molecule has 2 heterocycles. The van der Waals surface area contributed by atoms with Crippen LogP contribution >= 0.6 is 12.4 Å². The summed E-state index contributed by atoms with van der Waals surface area (Å²) in [5.74, 6) is 1.52. The summed E-state index contributed by atoms with van der Waals surface area (Å²) < 4.78 is 5.90. The topological polar surface area (TPSA) is 71.5 Å². The van der Waals surface area contributed by atoms with E-state index in [-0.39, 0.29) is 30.4 Å². The van der Waals surface area contributed by atoms with E-state index >= 15 is 0 Å². The van der Waals surface area contributed by atoms with Gasteiger partial charge in [-0.15, -0.1) is 12.4 Å². The van der Waals surface area contributed by atoms with Crippen molar-refractivity contribution in [2.24, 2.45) is 11.7 Å². The van der Waals surface area contributed by atoms with Crippen LogP contribution < -0.4 is 11.1 Å². The fourth-order valence-corrected chi connectivity index (χ4v) is 4.32. The summed E-state index contributed by atoms with van der Waals surface area (Å²) in [7, 11) is 0. The second-order valence-electron chi connectivity index (χ2n) is 8.06. The number of fused-ring (bicyclic) bond motifs is 1. The van der Waals surface area contributed by atoms with Crippen molar-refractivity contribution in [3.63, 3.8) is 0 Å². The quantitative estimate of drug-likeness (QED) is 0.621. The Balaban J connectivity index is 0.00000256. The molecule has 0 aliphatic carbocycles. The van der Waals surface area contributed by atoms with E-state index in [2.05, 4.69) is 34.5 Å². The highest BCUT2D eigenvalue weighted by atomic mass is 35.5. The number of benzene rings is 2. The third kappa shape index (κ3) is 4.53. The van der Waals surface area contributed by atoms with E-state index < -0.39 is 0 Å². The van der Waals surface area contributed by atoms with E-state index in [1.54, 1.807) is 0 Å². The van der Waals surface area contributed by atoms with Crippen molar-refractivity contribution in [3.05, 3.63) is 72.0 Å². The lowest BCUT2D eigenvalue weighted by atomic mass is 9.89. The highest BCUT2D eigenvalue weighted by molar-refractivity contribution is 5.85. The monoisotopic (exact) mass is 427 g/mol. The maximum Gasteiger partial charge on any atom is 0.237 e. The zero-order valence-electron chi connectivity index (χ0n) is 17.5. The zero-order valence-corrected chi connectivity index (χ0v) is 18.3. The first kappa shape index (κ1) is 22.3. The summed E-state index contributed by atoms with van der Waals surface area (Å²) >= 11 is 0. The molecule has 3 N–H and O–H groups in total. The first-order valence-electron chi connectivity index (χ1n) is 10.3. The number of rotatable bonds is 6. The number of carbonyl (C=O) groups excluding carboxylic acids is 1. The number of halogens is 1. The van der Waals surface area contributed by atoms with Gasteiger partial charge in [0, 0.05) is 24.4 Å². The van der Waals surface area contributed by atoms with Gasteiger partial charge in [0.1, 0.15) is 11.3 Å². The van der Waals surface area contributed by atoms with Gasteiger partial charge in [-0.1, -0.05) is 48.5 Å². The molecule has 1 aliphatic rings. The third-order valence-corrected chi connectivity index (χ3v) is 6.16. The van der Waals surface area contributed by atoms with Crippen molar-refractivity contribution >= 4 is 29.3 Å². The molecule has 0 spiro atoms. The number of likely N-dealkylation sites (tertiary alicyclic amines) is 1. The molecule has 0 saturated carbocycles. The van der Waals surface area contributed by atoms with Crippen molar-refractivity contribution in [2.45, 2.75) is 31.8 Å². The molecule has 1 saturated heterocycles. The third-order valence-electron chi connectivity index (χ3n) is 6.16. The largest absolute Gasteiger partial charge is 0.459 e. The standard InChI is InChI=1S/C24H29N3O2.ClH/c1-16(23-12-19-10-6-7-11-22(19)29-23)26-24(28)17(2)27-14-20(13-25)21(15-27)18-8-4-3-5-9-18;/h3-12,16-17,20-21H,13-15,25H2,1-2H3,(H,26,28);1H/t16?,17?,20-,21+;/m1./s1. The molecule has 2 aromatic carbocycles. The number of hydrogen-bond donors (Lipinski definition) is 2. The van der Waals surface area contributed by atoms with Crippen molar-refractivity contribution in [1.29, 1.82) is 0 Å². The number of carbonyl (C=O) groups is 1. The lowest BCUT2D eigenvalue weighted by Gasteiger charge is -2.25. The van der Waals surface area contributed by atoms with Crippen molar-refractivity contribution in [1.82, 2.24) is 10.2 Å². The summed E-state index contributed by atoms with van der Waals surface area (Å²) in [5.41, 5.74) is 8.19. The molecule has 4 atom stereocenters. The molecule has 1 aliphatic heterocycles. The molecule has 0 bridgehead atoms. The van der Waals surface area contributed by atoms with Crippen LogP contribution in [0.25, 0.3) is 11.0 Å². The Morgan fingerprint density at radius 1 is 1.13 bits per heavy atom. The van der Waals surface area contributed by atoms with Crippen LogP contribution in [0.5, 0.6) is 0 Å². The van der Waals surface area contributed by atoms with Crippen molar-refractivity contribution in [2.75, 3.05) is 19.6 Å². The molecule has 2 unspecified atom stereocenters. The Hall–Kier alpha value is -2.34. The van der Waals surface area contributed by atoms with Crippen LogP contribution in [0.1, 0.15) is 37.1 Å². The van der Waals surface area contributed by atoms with Gasteiger partial charge in [-0.2, -0.15) is 0 Å². The average Bonchev–Trinajstić information content (AvgIpc) is 3.38. The van der Waals surface area contributed by atoms with Gasteiger partial charge in [0.05, 0.1) is 12.1 Å². The number of amides is 1. The SMILES string of the molecule is CC(NC(=O)C(C)N1C[C@@H](CN)[C@H](c2ccccc2)C1)c1cc2ccccc2o1.Cl. The second kappa shape index (κ2) is 9.65. The smallest absolute Gasteiger partial charge is 0.237 e. The summed E-state index contributed by atoms with van der Waals surface area (Å²) in [6.07, 6.45) is 0. The molecule has 30 heavy (non-hydrogen) atoms. The molecular formula is C24H30ClN3O2. The Labute approximate surface area is 184 Å². The number of nitrogens with zero attached hydrogens (tertiary/aromatic N) is 1. The van der Waals surface area contributed by atoms with Crippen LogP contribution in [0.4, 0.5) is 0 Å². The molecule has 0 radical (unpaired) electrons. The van der Waals surface area contributed by atoms with Crippen LogP contribution in [-0.4, -0.2) is 36.5 Å². The maximum absolute atomic E-state index is 12.9. The molecular weight excluding hydrogens is 398 g/mol. The minimum atomic E-state index is -0.218. The van der Waals surface area contributed by atoms with Crippen molar-refractivity contribution < 1.29 is 9.21 Å². The predicted octanol–water partition coefficient (Wildman–Crippen LogP) is 4.09. The van der Waals surface area contributed by atoms with Crippen LogP contribution in [0, 0.1) is 5.92 Å². The minimum Gasteiger partial charge on any atom is -0.459 e. The van der Waals surface area contributed by atoms with Gasteiger partial charge >= 0.3 is 0 Å². The fourth-order valence-electron chi connectivity index (χ4n) is 4.32. The second-order valence-corrected chi connectivity index (χ2v) is 8.06. The van der Waals surface area contributed by atoms with Gasteiger partial charge in [0.2, 0.25) is 5.91 Å². The molecule has 6 heteroatoms. The molecule has 5 nitrogen and oxygen atoms in total. The first-order valence-corrected chi connectivity index (χ1v) is 10.3. The van der Waals surface area contributed by atoms with Gasteiger partial charge in [0.25, 0.3) is 0 Å². The predicted molar refractivity (Wildman–Crippen MR) is 123 cm³/mol. The maximum atomic E-state index is 12.9. The normalized spacial score (nSPS) is 21.2. The zero-order chi connectivity index (χ0) is 20.4. The van der Waals surface area contributed by atoms with Gasteiger partial charge in [0.15, 0.2) is 0 Å². The van der Waals surface area contributed by atoms with E-state index in [4.69, 9.17) is 10.2 Å².